The summed E-state index contributed by atoms with van der Waals surface area (Å²) in [5.41, 5.74) is 3.14. The van der Waals surface area contributed by atoms with Gasteiger partial charge >= 0.3 is 6.92 Å². The average molecular weight is 238 g/mol. The first-order valence-electron chi connectivity index (χ1n) is 5.96. The van der Waals surface area contributed by atoms with Gasteiger partial charge in [-0.05, 0) is 28.7 Å². The fourth-order valence-corrected chi connectivity index (χ4v) is 2.17. The zero-order valence-corrected chi connectivity index (χ0v) is 9.84. The van der Waals surface area contributed by atoms with E-state index in [1.807, 2.05) is 42.4 Å². The van der Waals surface area contributed by atoms with E-state index in [4.69, 9.17) is 4.65 Å². The lowest BCUT2D eigenvalue weighted by Crippen LogP contribution is -2.26. The van der Waals surface area contributed by atoms with Crippen LogP contribution in [0, 0.1) is 5.82 Å². The molecule has 0 radical (unpaired) electrons. The first-order valence-corrected chi connectivity index (χ1v) is 5.96. The topological polar surface area (TPSA) is 9.23 Å². The minimum absolute atomic E-state index is 0.0687. The molecule has 0 aliphatic carbocycles. The summed E-state index contributed by atoms with van der Waals surface area (Å²) in [4.78, 5) is 0. The van der Waals surface area contributed by atoms with Crippen LogP contribution in [0.3, 0.4) is 0 Å². The van der Waals surface area contributed by atoms with Crippen LogP contribution in [-0.2, 0) is 11.3 Å². The van der Waals surface area contributed by atoms with Crippen LogP contribution in [0.2, 0.25) is 0 Å². The maximum Gasteiger partial charge on any atom is 0.354 e. The lowest BCUT2D eigenvalue weighted by molar-refractivity contribution is 0.336. The Balaban J connectivity index is 1.83. The van der Waals surface area contributed by atoms with Gasteiger partial charge in [0.2, 0.25) is 0 Å². The van der Waals surface area contributed by atoms with Crippen LogP contribution in [0.4, 0.5) is 4.39 Å². The van der Waals surface area contributed by atoms with E-state index in [2.05, 4.69) is 0 Å². The SMILES string of the molecule is Fc1ccc2c(c1)COB2/C=C/c1ccccc1. The molecule has 0 saturated carbocycles. The smallest absolute Gasteiger partial charge is 0.354 e. The van der Waals surface area contributed by atoms with Gasteiger partial charge in [-0.2, -0.15) is 0 Å². The molecular formula is C15H12BFO. The van der Waals surface area contributed by atoms with E-state index in [-0.39, 0.29) is 12.7 Å². The second-order valence-corrected chi connectivity index (χ2v) is 4.34. The first kappa shape index (κ1) is 11.2. The van der Waals surface area contributed by atoms with Gasteiger partial charge in [-0.15, -0.1) is 0 Å². The van der Waals surface area contributed by atoms with Gasteiger partial charge in [0.05, 0.1) is 6.61 Å². The van der Waals surface area contributed by atoms with Gasteiger partial charge < -0.3 is 4.65 Å². The number of hydrogen-bond acceptors (Lipinski definition) is 1. The Labute approximate surface area is 106 Å². The molecule has 1 heterocycles. The molecule has 0 fully saturated rings. The van der Waals surface area contributed by atoms with Crippen LogP contribution in [0.25, 0.3) is 6.08 Å². The second-order valence-electron chi connectivity index (χ2n) is 4.34. The molecule has 0 bridgehead atoms. The normalized spacial score (nSPS) is 14.2. The average Bonchev–Trinajstić information content (AvgIpc) is 2.80. The van der Waals surface area contributed by atoms with E-state index >= 15 is 0 Å². The molecule has 0 aromatic heterocycles. The minimum atomic E-state index is -0.204. The second kappa shape index (κ2) is 4.79. The molecule has 0 atom stereocenters. The molecule has 0 spiro atoms. The van der Waals surface area contributed by atoms with E-state index in [1.54, 1.807) is 12.1 Å². The molecule has 0 saturated heterocycles. The van der Waals surface area contributed by atoms with Crippen molar-refractivity contribution in [3.8, 4) is 0 Å². The van der Waals surface area contributed by atoms with E-state index in [0.717, 1.165) is 16.6 Å². The summed E-state index contributed by atoms with van der Waals surface area (Å²) in [6.45, 7) is 0.414. The van der Waals surface area contributed by atoms with Crippen molar-refractivity contribution < 1.29 is 9.04 Å². The maximum atomic E-state index is 13.1. The summed E-state index contributed by atoms with van der Waals surface area (Å²) < 4.78 is 18.7. The molecule has 18 heavy (non-hydrogen) atoms. The molecule has 0 N–H and O–H groups in total. The molecule has 1 aliphatic heterocycles. The van der Waals surface area contributed by atoms with Crippen molar-refractivity contribution in [2.45, 2.75) is 6.61 Å². The van der Waals surface area contributed by atoms with Gasteiger partial charge in [-0.1, -0.05) is 48.4 Å². The predicted octanol–water partition coefficient (Wildman–Crippen LogP) is 2.81. The van der Waals surface area contributed by atoms with Gasteiger partial charge in [0.1, 0.15) is 5.82 Å². The van der Waals surface area contributed by atoms with Crippen LogP contribution >= 0.6 is 0 Å². The van der Waals surface area contributed by atoms with Crippen molar-refractivity contribution in [2.24, 2.45) is 0 Å². The molecule has 3 heteroatoms. The third kappa shape index (κ3) is 2.22. The summed E-state index contributed by atoms with van der Waals surface area (Å²) in [7, 11) is 0. The quantitative estimate of drug-likeness (QED) is 0.731. The maximum absolute atomic E-state index is 13.1. The monoisotopic (exact) mass is 238 g/mol. The molecule has 88 valence electrons. The third-order valence-corrected chi connectivity index (χ3v) is 3.09. The van der Waals surface area contributed by atoms with Crippen molar-refractivity contribution in [3.63, 3.8) is 0 Å². The highest BCUT2D eigenvalue weighted by Crippen LogP contribution is 2.14. The predicted molar refractivity (Wildman–Crippen MR) is 72.1 cm³/mol. The lowest BCUT2D eigenvalue weighted by atomic mass is 9.61. The molecule has 3 rings (SSSR count). The van der Waals surface area contributed by atoms with Crippen molar-refractivity contribution in [3.05, 3.63) is 71.5 Å². The highest BCUT2D eigenvalue weighted by molar-refractivity contribution is 6.74. The van der Waals surface area contributed by atoms with Crippen molar-refractivity contribution in [2.75, 3.05) is 0 Å². The number of benzene rings is 2. The largest absolute Gasteiger partial charge is 0.423 e. The number of hydrogen-bond donors (Lipinski definition) is 0. The zero-order chi connectivity index (χ0) is 12.4. The molecule has 1 aliphatic rings. The Morgan fingerprint density at radius 3 is 2.78 bits per heavy atom. The van der Waals surface area contributed by atoms with Crippen LogP contribution in [0.1, 0.15) is 11.1 Å². The summed E-state index contributed by atoms with van der Waals surface area (Å²) >= 11 is 0. The highest BCUT2D eigenvalue weighted by atomic mass is 19.1. The molecule has 2 aromatic rings. The van der Waals surface area contributed by atoms with Crippen LogP contribution in [0.15, 0.2) is 54.5 Å². The Morgan fingerprint density at radius 1 is 1.11 bits per heavy atom. The Kier molecular flexibility index (Phi) is 2.99. The lowest BCUT2D eigenvalue weighted by Gasteiger charge is -2.00. The molecule has 0 amide bonds. The molecular weight excluding hydrogens is 226 g/mol. The Hall–Kier alpha value is -1.87. The van der Waals surface area contributed by atoms with Gasteiger partial charge in [-0.25, -0.2) is 4.39 Å². The van der Waals surface area contributed by atoms with Crippen molar-refractivity contribution in [1.82, 2.24) is 0 Å². The van der Waals surface area contributed by atoms with E-state index in [0.29, 0.717) is 6.61 Å². The van der Waals surface area contributed by atoms with Gasteiger partial charge in [0.25, 0.3) is 0 Å². The first-order chi connectivity index (χ1) is 8.83. The van der Waals surface area contributed by atoms with Crippen LogP contribution in [0.5, 0.6) is 0 Å². The summed E-state index contributed by atoms with van der Waals surface area (Å²) in [5, 5.41) is 0. The van der Waals surface area contributed by atoms with Crippen LogP contribution in [-0.4, -0.2) is 6.92 Å². The van der Waals surface area contributed by atoms with Gasteiger partial charge in [0.15, 0.2) is 0 Å². The van der Waals surface area contributed by atoms with E-state index in [9.17, 15) is 4.39 Å². The van der Waals surface area contributed by atoms with Gasteiger partial charge in [-0.3, -0.25) is 0 Å². The fourth-order valence-electron chi connectivity index (χ4n) is 2.17. The summed E-state index contributed by atoms with van der Waals surface area (Å²) in [6, 6.07) is 14.9. The van der Waals surface area contributed by atoms with Gasteiger partial charge in [0, 0.05) is 0 Å². The molecule has 1 nitrogen and oxygen atoms in total. The molecule has 2 aromatic carbocycles. The third-order valence-electron chi connectivity index (χ3n) is 3.09. The Morgan fingerprint density at radius 2 is 1.94 bits per heavy atom. The van der Waals surface area contributed by atoms with E-state index in [1.165, 1.54) is 6.07 Å². The molecule has 0 unspecified atom stereocenters. The number of fused-ring (bicyclic) bond motifs is 1. The number of rotatable bonds is 2. The zero-order valence-electron chi connectivity index (χ0n) is 9.84. The Bertz CT molecular complexity index is 580. The minimum Gasteiger partial charge on any atom is -0.423 e. The fraction of sp³-hybridized carbons (Fsp3) is 0.0667. The number of halogens is 1. The summed E-state index contributed by atoms with van der Waals surface area (Å²) in [5.74, 6) is 1.81. The van der Waals surface area contributed by atoms with Crippen LogP contribution < -0.4 is 5.46 Å². The highest BCUT2D eigenvalue weighted by Gasteiger charge is 2.25. The summed E-state index contributed by atoms with van der Waals surface area (Å²) in [6.07, 6.45) is 2.03. The van der Waals surface area contributed by atoms with Crippen molar-refractivity contribution in [1.29, 1.82) is 0 Å². The standard InChI is InChI=1S/C15H12BFO/c17-14-6-7-15-13(10-14)11-18-16(15)9-8-12-4-2-1-3-5-12/h1-10H,11H2/b9-8+. The van der Waals surface area contributed by atoms with Crippen molar-refractivity contribution >= 4 is 18.5 Å². The van der Waals surface area contributed by atoms with E-state index < -0.39 is 0 Å².